The first kappa shape index (κ1) is 12.4. The summed E-state index contributed by atoms with van der Waals surface area (Å²) in [5.74, 6) is 0.242. The monoisotopic (exact) mass is 225 g/mol. The number of Topliss-reactive ketones (excluding diaryl/α,β-unsaturated/α-hetero) is 1. The van der Waals surface area contributed by atoms with Crippen molar-refractivity contribution in [3.05, 3.63) is 21.9 Å². The molecule has 2 nitrogen and oxygen atoms in total. The molecule has 0 N–H and O–H groups in total. The summed E-state index contributed by atoms with van der Waals surface area (Å²) in [5, 5.41) is 0. The number of hydrogen-bond donors (Lipinski definition) is 0. The van der Waals surface area contributed by atoms with Crippen molar-refractivity contribution in [3.63, 3.8) is 0 Å². The summed E-state index contributed by atoms with van der Waals surface area (Å²) in [6.45, 7) is 5.74. The average Bonchev–Trinajstić information content (AvgIpc) is 2.61. The fraction of sp³-hybridized carbons (Fsp3) is 0.583. The van der Waals surface area contributed by atoms with Crippen LogP contribution in [-0.4, -0.2) is 30.8 Å². The van der Waals surface area contributed by atoms with Crippen LogP contribution in [0.5, 0.6) is 0 Å². The lowest BCUT2D eigenvalue weighted by Gasteiger charge is -2.14. The van der Waals surface area contributed by atoms with Gasteiger partial charge in [0.1, 0.15) is 0 Å². The van der Waals surface area contributed by atoms with E-state index in [2.05, 4.69) is 11.8 Å². The van der Waals surface area contributed by atoms with E-state index in [1.807, 2.05) is 26.1 Å². The minimum atomic E-state index is 0.242. The van der Waals surface area contributed by atoms with Gasteiger partial charge in [0.05, 0.1) is 11.4 Å². The van der Waals surface area contributed by atoms with E-state index in [-0.39, 0.29) is 5.78 Å². The second kappa shape index (κ2) is 6.03. The Morgan fingerprint density at radius 2 is 2.20 bits per heavy atom. The minimum absolute atomic E-state index is 0.242. The second-order valence-electron chi connectivity index (χ2n) is 3.92. The maximum absolute atomic E-state index is 11.8. The minimum Gasteiger partial charge on any atom is -0.299 e. The van der Waals surface area contributed by atoms with Gasteiger partial charge in [0, 0.05) is 4.88 Å². The third-order valence-corrected chi connectivity index (χ3v) is 3.36. The van der Waals surface area contributed by atoms with Crippen LogP contribution in [0.4, 0.5) is 0 Å². The third-order valence-electron chi connectivity index (χ3n) is 2.32. The molecule has 0 atom stereocenters. The van der Waals surface area contributed by atoms with Gasteiger partial charge in [0.2, 0.25) is 0 Å². The Bertz CT molecular complexity index is 319. The highest BCUT2D eigenvalue weighted by atomic mass is 32.1. The van der Waals surface area contributed by atoms with Crippen LogP contribution in [0.3, 0.4) is 0 Å². The maximum Gasteiger partial charge on any atom is 0.186 e. The van der Waals surface area contributed by atoms with Crippen molar-refractivity contribution in [2.45, 2.75) is 26.7 Å². The molecule has 0 saturated carbocycles. The van der Waals surface area contributed by atoms with Gasteiger partial charge in [-0.05, 0) is 39.1 Å². The number of aryl methyl sites for hydroxylation is 1. The van der Waals surface area contributed by atoms with Gasteiger partial charge < -0.3 is 0 Å². The van der Waals surface area contributed by atoms with Crippen molar-refractivity contribution in [2.24, 2.45) is 0 Å². The van der Waals surface area contributed by atoms with Crippen LogP contribution in [0.15, 0.2) is 12.1 Å². The summed E-state index contributed by atoms with van der Waals surface area (Å²) < 4.78 is 0. The molecule has 0 bridgehead atoms. The van der Waals surface area contributed by atoms with Gasteiger partial charge in [-0.2, -0.15) is 0 Å². The van der Waals surface area contributed by atoms with E-state index in [0.717, 1.165) is 17.8 Å². The van der Waals surface area contributed by atoms with Gasteiger partial charge in [0.15, 0.2) is 5.78 Å². The number of carbonyl (C=O) groups is 1. The van der Waals surface area contributed by atoms with Crippen LogP contribution in [0.1, 0.15) is 34.3 Å². The highest BCUT2D eigenvalue weighted by molar-refractivity contribution is 7.14. The van der Waals surface area contributed by atoms with Crippen LogP contribution in [0.25, 0.3) is 0 Å². The number of nitrogens with zero attached hydrogens (tertiary/aromatic N) is 1. The predicted molar refractivity (Wildman–Crippen MR) is 65.8 cm³/mol. The molecule has 0 fully saturated rings. The topological polar surface area (TPSA) is 20.3 Å². The molecule has 1 heterocycles. The van der Waals surface area contributed by atoms with Gasteiger partial charge in [0.25, 0.3) is 0 Å². The van der Waals surface area contributed by atoms with E-state index >= 15 is 0 Å². The lowest BCUT2D eigenvalue weighted by Crippen LogP contribution is -2.26. The molecular formula is C12H19NOS. The summed E-state index contributed by atoms with van der Waals surface area (Å²) >= 11 is 1.59. The molecule has 0 spiro atoms. The SMILES string of the molecule is CCCCN(C)CC(=O)c1ccc(C)s1. The molecule has 0 radical (unpaired) electrons. The van der Waals surface area contributed by atoms with Crippen molar-refractivity contribution in [1.82, 2.24) is 4.90 Å². The molecule has 0 amide bonds. The van der Waals surface area contributed by atoms with Crippen molar-refractivity contribution in [3.8, 4) is 0 Å². The summed E-state index contributed by atoms with van der Waals surface area (Å²) in [6.07, 6.45) is 2.34. The Morgan fingerprint density at radius 1 is 1.47 bits per heavy atom. The number of rotatable bonds is 6. The normalized spacial score (nSPS) is 10.9. The summed E-state index contributed by atoms with van der Waals surface area (Å²) in [6, 6.07) is 3.93. The molecule has 1 rings (SSSR count). The Kier molecular flexibility index (Phi) is 4.99. The van der Waals surface area contributed by atoms with E-state index in [1.165, 1.54) is 11.3 Å². The number of thiophene rings is 1. The smallest absolute Gasteiger partial charge is 0.186 e. The number of likely N-dealkylation sites (N-methyl/N-ethyl adjacent to an activating group) is 1. The molecule has 0 aliphatic rings. The molecule has 0 aliphatic carbocycles. The highest BCUT2D eigenvalue weighted by Gasteiger charge is 2.10. The maximum atomic E-state index is 11.8. The van der Waals surface area contributed by atoms with Gasteiger partial charge >= 0.3 is 0 Å². The average molecular weight is 225 g/mol. The molecule has 0 unspecified atom stereocenters. The zero-order valence-electron chi connectivity index (χ0n) is 9.75. The van der Waals surface area contributed by atoms with Crippen molar-refractivity contribution >= 4 is 17.1 Å². The largest absolute Gasteiger partial charge is 0.299 e. The third kappa shape index (κ3) is 4.14. The van der Waals surface area contributed by atoms with Crippen LogP contribution >= 0.6 is 11.3 Å². The van der Waals surface area contributed by atoms with E-state index < -0.39 is 0 Å². The van der Waals surface area contributed by atoms with Crippen LogP contribution < -0.4 is 0 Å². The zero-order valence-corrected chi connectivity index (χ0v) is 10.6. The standard InChI is InChI=1S/C12H19NOS/c1-4-5-8-13(3)9-11(14)12-7-6-10(2)15-12/h6-7H,4-5,8-9H2,1-3H3. The van der Waals surface area contributed by atoms with E-state index in [9.17, 15) is 4.79 Å². The van der Waals surface area contributed by atoms with E-state index in [1.54, 1.807) is 11.3 Å². The van der Waals surface area contributed by atoms with Gasteiger partial charge in [-0.1, -0.05) is 13.3 Å². The van der Waals surface area contributed by atoms with Crippen molar-refractivity contribution in [1.29, 1.82) is 0 Å². The fourth-order valence-corrected chi connectivity index (χ4v) is 2.21. The number of unbranched alkanes of at least 4 members (excludes halogenated alkanes) is 1. The predicted octanol–water partition coefficient (Wildman–Crippen LogP) is 2.97. The summed E-state index contributed by atoms with van der Waals surface area (Å²) in [7, 11) is 2.01. The Balaban J connectivity index is 2.42. The van der Waals surface area contributed by atoms with Crippen LogP contribution in [0, 0.1) is 6.92 Å². The van der Waals surface area contributed by atoms with E-state index in [0.29, 0.717) is 6.54 Å². The molecule has 1 aromatic heterocycles. The number of carbonyl (C=O) groups excluding carboxylic acids is 1. The first-order valence-electron chi connectivity index (χ1n) is 5.41. The zero-order chi connectivity index (χ0) is 11.3. The summed E-state index contributed by atoms with van der Waals surface area (Å²) in [4.78, 5) is 16.0. The van der Waals surface area contributed by atoms with E-state index in [4.69, 9.17) is 0 Å². The Labute approximate surface area is 95.9 Å². The Morgan fingerprint density at radius 3 is 2.73 bits per heavy atom. The van der Waals surface area contributed by atoms with Crippen LogP contribution in [-0.2, 0) is 0 Å². The molecule has 84 valence electrons. The quantitative estimate of drug-likeness (QED) is 0.694. The first-order chi connectivity index (χ1) is 7.13. The lowest BCUT2D eigenvalue weighted by molar-refractivity contribution is 0.0949. The molecule has 15 heavy (non-hydrogen) atoms. The van der Waals surface area contributed by atoms with Crippen LogP contribution in [0.2, 0.25) is 0 Å². The molecular weight excluding hydrogens is 206 g/mol. The molecule has 0 saturated heterocycles. The molecule has 3 heteroatoms. The Hall–Kier alpha value is -0.670. The lowest BCUT2D eigenvalue weighted by atomic mass is 10.2. The fourth-order valence-electron chi connectivity index (χ4n) is 1.41. The first-order valence-corrected chi connectivity index (χ1v) is 6.23. The van der Waals surface area contributed by atoms with Gasteiger partial charge in [-0.25, -0.2) is 0 Å². The van der Waals surface area contributed by atoms with Crippen molar-refractivity contribution in [2.75, 3.05) is 20.1 Å². The molecule has 1 aromatic rings. The van der Waals surface area contributed by atoms with Gasteiger partial charge in [-0.3, -0.25) is 9.69 Å². The second-order valence-corrected chi connectivity index (χ2v) is 5.21. The summed E-state index contributed by atoms with van der Waals surface area (Å²) in [5.41, 5.74) is 0. The van der Waals surface area contributed by atoms with Crippen molar-refractivity contribution < 1.29 is 4.79 Å². The number of hydrogen-bond acceptors (Lipinski definition) is 3. The molecule has 0 aromatic carbocycles. The van der Waals surface area contributed by atoms with Gasteiger partial charge in [-0.15, -0.1) is 11.3 Å². The highest BCUT2D eigenvalue weighted by Crippen LogP contribution is 2.15. The molecule has 0 aliphatic heterocycles. The number of ketones is 1.